The van der Waals surface area contributed by atoms with E-state index in [1.807, 2.05) is 0 Å². The number of nitrogens with zero attached hydrogens (tertiary/aromatic N) is 2. The van der Waals surface area contributed by atoms with E-state index < -0.39 is 11.6 Å². The highest BCUT2D eigenvalue weighted by molar-refractivity contribution is 5.17. The smallest absolute Gasteiger partial charge is 0.159 e. The zero-order valence-electron chi connectivity index (χ0n) is 11.6. The molecule has 2 saturated heterocycles. The second-order valence-electron chi connectivity index (χ2n) is 5.71. The summed E-state index contributed by atoms with van der Waals surface area (Å²) in [5.41, 5.74) is 0.847. The molecule has 2 aliphatic heterocycles. The van der Waals surface area contributed by atoms with E-state index in [1.54, 1.807) is 6.07 Å². The fourth-order valence-electron chi connectivity index (χ4n) is 3.13. The van der Waals surface area contributed by atoms with E-state index in [0.717, 1.165) is 44.8 Å². The summed E-state index contributed by atoms with van der Waals surface area (Å²) in [4.78, 5) is 4.85. The third kappa shape index (κ3) is 3.16. The summed E-state index contributed by atoms with van der Waals surface area (Å²) < 4.78 is 26.1. The summed E-state index contributed by atoms with van der Waals surface area (Å²) in [6.07, 6.45) is 1.24. The average Bonchev–Trinajstić information content (AvgIpc) is 2.98. The molecule has 0 aromatic heterocycles. The molecule has 2 aliphatic rings. The third-order valence-electron chi connectivity index (χ3n) is 4.35. The lowest BCUT2D eigenvalue weighted by Crippen LogP contribution is -2.50. The van der Waals surface area contributed by atoms with Gasteiger partial charge in [-0.25, -0.2) is 8.78 Å². The lowest BCUT2D eigenvalue weighted by Gasteiger charge is -2.37. The molecule has 5 heteroatoms. The van der Waals surface area contributed by atoms with Crippen LogP contribution in [0.5, 0.6) is 0 Å². The lowest BCUT2D eigenvalue weighted by molar-refractivity contribution is 0.0980. The molecule has 0 radical (unpaired) electrons. The second-order valence-corrected chi connectivity index (χ2v) is 5.71. The number of nitrogens with one attached hydrogen (secondary N) is 1. The van der Waals surface area contributed by atoms with Crippen LogP contribution >= 0.6 is 0 Å². The van der Waals surface area contributed by atoms with E-state index in [1.165, 1.54) is 18.6 Å². The molecule has 3 nitrogen and oxygen atoms in total. The van der Waals surface area contributed by atoms with E-state index >= 15 is 0 Å². The largest absolute Gasteiger partial charge is 0.315 e. The first-order valence-corrected chi connectivity index (χ1v) is 7.33. The van der Waals surface area contributed by atoms with Crippen molar-refractivity contribution in [2.45, 2.75) is 19.0 Å². The Hall–Kier alpha value is -1.04. The van der Waals surface area contributed by atoms with Crippen molar-refractivity contribution < 1.29 is 8.78 Å². The van der Waals surface area contributed by atoms with Gasteiger partial charge < -0.3 is 5.32 Å². The van der Waals surface area contributed by atoms with E-state index in [9.17, 15) is 8.78 Å². The van der Waals surface area contributed by atoms with Crippen molar-refractivity contribution in [1.29, 1.82) is 0 Å². The highest BCUT2D eigenvalue weighted by atomic mass is 19.2. The fourth-order valence-corrected chi connectivity index (χ4v) is 3.13. The topological polar surface area (TPSA) is 18.5 Å². The summed E-state index contributed by atoms with van der Waals surface area (Å²) in [5, 5.41) is 3.40. The monoisotopic (exact) mass is 281 g/mol. The maximum atomic E-state index is 13.2. The Balaban J connectivity index is 1.51. The van der Waals surface area contributed by atoms with Crippen molar-refractivity contribution in [3.8, 4) is 0 Å². The van der Waals surface area contributed by atoms with Gasteiger partial charge in [-0.2, -0.15) is 0 Å². The number of hydrogen-bond donors (Lipinski definition) is 1. The number of halogens is 2. The highest BCUT2D eigenvalue weighted by Gasteiger charge is 2.25. The second kappa shape index (κ2) is 6.16. The molecule has 1 N–H and O–H groups in total. The van der Waals surface area contributed by atoms with Crippen LogP contribution in [0.2, 0.25) is 0 Å². The maximum Gasteiger partial charge on any atom is 0.159 e. The minimum absolute atomic E-state index is 0.681. The summed E-state index contributed by atoms with van der Waals surface area (Å²) in [6.45, 7) is 7.05. The first-order valence-electron chi connectivity index (χ1n) is 7.33. The van der Waals surface area contributed by atoms with E-state index in [2.05, 4.69) is 15.1 Å². The molecule has 2 fully saturated rings. The summed E-state index contributed by atoms with van der Waals surface area (Å²) in [7, 11) is 0. The molecule has 110 valence electrons. The zero-order chi connectivity index (χ0) is 13.9. The predicted octanol–water partition coefficient (Wildman–Crippen LogP) is 1.44. The Kier molecular flexibility index (Phi) is 4.29. The molecule has 1 unspecified atom stereocenters. The quantitative estimate of drug-likeness (QED) is 0.904. The first kappa shape index (κ1) is 13.9. The van der Waals surface area contributed by atoms with Crippen molar-refractivity contribution in [2.75, 3.05) is 39.3 Å². The molecular weight excluding hydrogens is 260 g/mol. The summed E-state index contributed by atoms with van der Waals surface area (Å²) >= 11 is 0. The fraction of sp³-hybridized carbons (Fsp3) is 0.600. The van der Waals surface area contributed by atoms with E-state index in [4.69, 9.17) is 0 Å². The molecule has 1 aromatic carbocycles. The van der Waals surface area contributed by atoms with Gasteiger partial charge in [-0.3, -0.25) is 9.80 Å². The third-order valence-corrected chi connectivity index (χ3v) is 4.35. The van der Waals surface area contributed by atoms with Gasteiger partial charge >= 0.3 is 0 Å². The Bertz CT molecular complexity index is 452. The van der Waals surface area contributed by atoms with Gasteiger partial charge in [0.15, 0.2) is 11.6 Å². The minimum atomic E-state index is -0.771. The van der Waals surface area contributed by atoms with Gasteiger partial charge in [0, 0.05) is 45.3 Å². The maximum absolute atomic E-state index is 13.2. The number of piperazine rings is 1. The van der Waals surface area contributed by atoms with Crippen molar-refractivity contribution in [3.63, 3.8) is 0 Å². The molecule has 1 aromatic rings. The molecule has 0 aliphatic carbocycles. The van der Waals surface area contributed by atoms with Gasteiger partial charge in [-0.05, 0) is 30.7 Å². The summed E-state index contributed by atoms with van der Waals surface area (Å²) in [5.74, 6) is -1.52. The molecule has 0 bridgehead atoms. The molecule has 2 heterocycles. The molecule has 0 saturated carbocycles. The first-order chi connectivity index (χ1) is 9.72. The van der Waals surface area contributed by atoms with Crippen molar-refractivity contribution in [3.05, 3.63) is 35.4 Å². The van der Waals surface area contributed by atoms with E-state index in [-0.39, 0.29) is 0 Å². The van der Waals surface area contributed by atoms with Gasteiger partial charge in [0.2, 0.25) is 0 Å². The van der Waals surface area contributed by atoms with Crippen LogP contribution in [-0.4, -0.2) is 55.1 Å². The van der Waals surface area contributed by atoms with Crippen LogP contribution in [0.4, 0.5) is 8.78 Å². The molecule has 0 spiro atoms. The molecule has 0 amide bonds. The van der Waals surface area contributed by atoms with E-state index in [0.29, 0.717) is 12.6 Å². The predicted molar refractivity (Wildman–Crippen MR) is 74.5 cm³/mol. The van der Waals surface area contributed by atoms with Crippen LogP contribution in [0.15, 0.2) is 18.2 Å². The van der Waals surface area contributed by atoms with Crippen molar-refractivity contribution >= 4 is 0 Å². The van der Waals surface area contributed by atoms with Crippen molar-refractivity contribution in [2.24, 2.45) is 0 Å². The van der Waals surface area contributed by atoms with Crippen LogP contribution < -0.4 is 5.32 Å². The van der Waals surface area contributed by atoms with Gasteiger partial charge in [-0.1, -0.05) is 6.07 Å². The van der Waals surface area contributed by atoms with Crippen molar-refractivity contribution in [1.82, 2.24) is 15.1 Å². The van der Waals surface area contributed by atoms with Gasteiger partial charge in [0.05, 0.1) is 0 Å². The van der Waals surface area contributed by atoms with Gasteiger partial charge in [0.1, 0.15) is 0 Å². The molecular formula is C15H21F2N3. The van der Waals surface area contributed by atoms with Crippen LogP contribution in [0.25, 0.3) is 0 Å². The van der Waals surface area contributed by atoms with Crippen LogP contribution in [-0.2, 0) is 6.54 Å². The molecule has 1 atom stereocenters. The molecule has 20 heavy (non-hydrogen) atoms. The Morgan fingerprint density at radius 1 is 1.10 bits per heavy atom. The normalized spacial score (nSPS) is 25.2. The Morgan fingerprint density at radius 2 is 1.90 bits per heavy atom. The SMILES string of the molecule is Fc1ccc(CN2CCN(C3CCNC3)CC2)cc1F. The number of hydrogen-bond acceptors (Lipinski definition) is 3. The van der Waals surface area contributed by atoms with Crippen LogP contribution in [0.1, 0.15) is 12.0 Å². The lowest BCUT2D eigenvalue weighted by atomic mass is 10.1. The number of rotatable bonds is 3. The van der Waals surface area contributed by atoms with Gasteiger partial charge in [-0.15, -0.1) is 0 Å². The Labute approximate surface area is 118 Å². The van der Waals surface area contributed by atoms with Crippen LogP contribution in [0, 0.1) is 11.6 Å². The molecule has 3 rings (SSSR count). The van der Waals surface area contributed by atoms with Gasteiger partial charge in [0.25, 0.3) is 0 Å². The Morgan fingerprint density at radius 3 is 2.55 bits per heavy atom. The minimum Gasteiger partial charge on any atom is -0.315 e. The average molecular weight is 281 g/mol. The van der Waals surface area contributed by atoms with Crippen LogP contribution in [0.3, 0.4) is 0 Å². The zero-order valence-corrected chi connectivity index (χ0v) is 11.6. The highest BCUT2D eigenvalue weighted by Crippen LogP contribution is 2.15. The summed E-state index contributed by atoms with van der Waals surface area (Å²) in [6, 6.07) is 4.87. The number of benzene rings is 1. The standard InChI is InChI=1S/C15H21F2N3/c16-14-2-1-12(9-15(14)17)11-19-5-7-20(8-6-19)13-3-4-18-10-13/h1-2,9,13,18H,3-8,10-11H2.